The Kier molecular flexibility index (Phi) is 1.17. The predicted molar refractivity (Wildman–Crippen MR) is 37.3 cm³/mol. The molecular weight excluding hydrogens is 198 g/mol. The molecule has 0 aliphatic rings. The van der Waals surface area contributed by atoms with Crippen molar-refractivity contribution < 1.29 is 4.42 Å². The lowest BCUT2D eigenvalue weighted by molar-refractivity contribution is 0.569. The molecule has 0 N–H and O–H groups in total. The third-order valence-electron chi connectivity index (χ3n) is 1.05. The zero-order valence-corrected chi connectivity index (χ0v) is 6.37. The molecule has 0 spiro atoms. The largest absolute Gasteiger partial charge is 0.428 e. The van der Waals surface area contributed by atoms with Crippen LogP contribution in [0.1, 0.15) is 0 Å². The molecule has 0 radical (unpaired) electrons. The number of nitrogens with zero attached hydrogens (tertiary/aromatic N) is 3. The Morgan fingerprint density at radius 1 is 1.50 bits per heavy atom. The molecule has 0 unspecified atom stereocenters. The highest BCUT2D eigenvalue weighted by Crippen LogP contribution is 2.14. The fourth-order valence-electron chi connectivity index (χ4n) is 0.663. The van der Waals surface area contributed by atoms with E-state index in [1.165, 1.54) is 6.33 Å². The minimum Gasteiger partial charge on any atom is -0.428 e. The SMILES string of the molecule is Brc1nc2ncncc2o1. The van der Waals surface area contributed by atoms with E-state index < -0.39 is 0 Å². The van der Waals surface area contributed by atoms with Crippen LogP contribution in [0.15, 0.2) is 21.7 Å². The van der Waals surface area contributed by atoms with Crippen molar-refractivity contribution >= 4 is 27.2 Å². The number of fused-ring (bicyclic) bond motifs is 1. The molecule has 0 aliphatic heterocycles. The van der Waals surface area contributed by atoms with Gasteiger partial charge in [0.05, 0.1) is 6.20 Å². The molecule has 0 amide bonds. The second kappa shape index (κ2) is 2.02. The third-order valence-corrected chi connectivity index (χ3v) is 1.39. The van der Waals surface area contributed by atoms with Crippen molar-refractivity contribution in [2.45, 2.75) is 0 Å². The van der Waals surface area contributed by atoms with E-state index in [9.17, 15) is 0 Å². The van der Waals surface area contributed by atoms with Gasteiger partial charge in [0.15, 0.2) is 5.58 Å². The number of hydrogen-bond acceptors (Lipinski definition) is 4. The van der Waals surface area contributed by atoms with E-state index in [0.717, 1.165) is 0 Å². The van der Waals surface area contributed by atoms with E-state index in [0.29, 0.717) is 16.0 Å². The Bertz CT molecular complexity index is 325. The summed E-state index contributed by atoms with van der Waals surface area (Å²) in [6.45, 7) is 0. The average Bonchev–Trinajstić information content (AvgIpc) is 2.27. The predicted octanol–water partition coefficient (Wildman–Crippen LogP) is 1.38. The van der Waals surface area contributed by atoms with Crippen molar-refractivity contribution in [1.29, 1.82) is 0 Å². The molecule has 4 nitrogen and oxygen atoms in total. The van der Waals surface area contributed by atoms with Gasteiger partial charge in [-0.3, -0.25) is 0 Å². The summed E-state index contributed by atoms with van der Waals surface area (Å²) in [5.74, 6) is 0. The molecule has 10 heavy (non-hydrogen) atoms. The molecule has 5 heteroatoms. The summed E-state index contributed by atoms with van der Waals surface area (Å²) >= 11 is 3.08. The molecule has 0 fully saturated rings. The smallest absolute Gasteiger partial charge is 0.266 e. The molecule has 2 heterocycles. The van der Waals surface area contributed by atoms with Gasteiger partial charge < -0.3 is 4.42 Å². The van der Waals surface area contributed by atoms with E-state index in [1.807, 2.05) is 0 Å². The van der Waals surface area contributed by atoms with Crippen LogP contribution in [0.3, 0.4) is 0 Å². The fraction of sp³-hybridized carbons (Fsp3) is 0. The van der Waals surface area contributed by atoms with Crippen molar-refractivity contribution in [3.63, 3.8) is 0 Å². The zero-order chi connectivity index (χ0) is 6.97. The van der Waals surface area contributed by atoms with Crippen molar-refractivity contribution in [3.05, 3.63) is 17.3 Å². The van der Waals surface area contributed by atoms with Gasteiger partial charge in [0.2, 0.25) is 5.65 Å². The molecule has 0 atom stereocenters. The minimum atomic E-state index is 0.433. The molecule has 0 aromatic carbocycles. The number of aromatic nitrogens is 3. The lowest BCUT2D eigenvalue weighted by Gasteiger charge is -1.78. The van der Waals surface area contributed by atoms with Crippen molar-refractivity contribution in [1.82, 2.24) is 15.0 Å². The van der Waals surface area contributed by atoms with Crippen LogP contribution in [0.5, 0.6) is 0 Å². The summed E-state index contributed by atoms with van der Waals surface area (Å²) in [6.07, 6.45) is 3.00. The van der Waals surface area contributed by atoms with Crippen LogP contribution in [0.2, 0.25) is 0 Å². The van der Waals surface area contributed by atoms with E-state index >= 15 is 0 Å². The summed E-state index contributed by atoms with van der Waals surface area (Å²) in [7, 11) is 0. The van der Waals surface area contributed by atoms with E-state index in [2.05, 4.69) is 30.9 Å². The maximum absolute atomic E-state index is 5.05. The molecule has 0 saturated heterocycles. The van der Waals surface area contributed by atoms with Crippen LogP contribution in [0.25, 0.3) is 11.2 Å². The highest BCUT2D eigenvalue weighted by atomic mass is 79.9. The van der Waals surface area contributed by atoms with Gasteiger partial charge in [-0.2, -0.15) is 4.98 Å². The molecule has 2 aromatic rings. The number of oxazole rings is 1. The maximum atomic E-state index is 5.05. The summed E-state index contributed by atoms with van der Waals surface area (Å²) in [6, 6.07) is 0. The lowest BCUT2D eigenvalue weighted by Crippen LogP contribution is -1.75. The van der Waals surface area contributed by atoms with E-state index in [-0.39, 0.29) is 0 Å². The van der Waals surface area contributed by atoms with Gasteiger partial charge in [0.25, 0.3) is 4.80 Å². The first kappa shape index (κ1) is 5.79. The first-order valence-electron chi connectivity index (χ1n) is 2.58. The van der Waals surface area contributed by atoms with Gasteiger partial charge in [0.1, 0.15) is 6.33 Å². The second-order valence-electron chi connectivity index (χ2n) is 1.68. The first-order chi connectivity index (χ1) is 4.86. The van der Waals surface area contributed by atoms with Crippen LogP contribution in [-0.4, -0.2) is 15.0 Å². The summed E-state index contributed by atoms with van der Waals surface area (Å²) < 4.78 is 5.05. The van der Waals surface area contributed by atoms with Gasteiger partial charge in [-0.05, 0) is 0 Å². The standard InChI is InChI=1S/C5H2BrN3O/c6-5-9-4-3(10-5)1-7-2-8-4/h1-2H. The third kappa shape index (κ3) is 0.786. The fourth-order valence-corrected chi connectivity index (χ4v) is 1.01. The monoisotopic (exact) mass is 199 g/mol. The zero-order valence-electron chi connectivity index (χ0n) is 4.78. The highest BCUT2D eigenvalue weighted by molar-refractivity contribution is 9.10. The number of hydrogen-bond donors (Lipinski definition) is 0. The number of halogens is 1. The molecule has 0 saturated carbocycles. The van der Waals surface area contributed by atoms with Gasteiger partial charge in [-0.1, -0.05) is 0 Å². The molecule has 2 aromatic heterocycles. The Morgan fingerprint density at radius 3 is 3.20 bits per heavy atom. The van der Waals surface area contributed by atoms with Crippen molar-refractivity contribution in [2.75, 3.05) is 0 Å². The Hall–Kier alpha value is -0.970. The molecule has 0 bridgehead atoms. The summed E-state index contributed by atoms with van der Waals surface area (Å²) in [5, 5.41) is 0. The molecule has 2 rings (SSSR count). The van der Waals surface area contributed by atoms with Crippen LogP contribution in [-0.2, 0) is 0 Å². The van der Waals surface area contributed by atoms with Gasteiger partial charge >= 0.3 is 0 Å². The Morgan fingerprint density at radius 2 is 2.40 bits per heavy atom. The van der Waals surface area contributed by atoms with Gasteiger partial charge in [-0.15, -0.1) is 0 Å². The highest BCUT2D eigenvalue weighted by Gasteiger charge is 2.01. The van der Waals surface area contributed by atoms with Crippen molar-refractivity contribution in [3.8, 4) is 0 Å². The topological polar surface area (TPSA) is 51.8 Å². The van der Waals surface area contributed by atoms with E-state index in [4.69, 9.17) is 4.42 Å². The van der Waals surface area contributed by atoms with Crippen LogP contribution in [0, 0.1) is 0 Å². The molecule has 0 aliphatic carbocycles. The van der Waals surface area contributed by atoms with E-state index in [1.54, 1.807) is 6.20 Å². The lowest BCUT2D eigenvalue weighted by atomic mass is 10.6. The Labute approximate surface area is 64.4 Å². The van der Waals surface area contributed by atoms with Gasteiger partial charge in [0, 0.05) is 15.9 Å². The van der Waals surface area contributed by atoms with Crippen LogP contribution >= 0.6 is 15.9 Å². The Balaban J connectivity index is 2.88. The van der Waals surface area contributed by atoms with Crippen LogP contribution < -0.4 is 0 Å². The normalized spacial score (nSPS) is 10.5. The minimum absolute atomic E-state index is 0.433. The average molecular weight is 200 g/mol. The molecular formula is C5H2BrN3O. The first-order valence-corrected chi connectivity index (χ1v) is 3.37. The maximum Gasteiger partial charge on any atom is 0.266 e. The van der Waals surface area contributed by atoms with Crippen molar-refractivity contribution in [2.24, 2.45) is 0 Å². The summed E-state index contributed by atoms with van der Waals surface area (Å²) in [4.78, 5) is 12.0. The summed E-state index contributed by atoms with van der Waals surface area (Å²) in [5.41, 5.74) is 1.16. The molecule has 50 valence electrons. The quantitative estimate of drug-likeness (QED) is 0.644. The number of rotatable bonds is 0. The second-order valence-corrected chi connectivity index (χ2v) is 2.36. The van der Waals surface area contributed by atoms with Gasteiger partial charge in [-0.25, -0.2) is 9.97 Å². The van der Waals surface area contributed by atoms with Crippen LogP contribution in [0.4, 0.5) is 0 Å².